The van der Waals surface area contributed by atoms with Crippen molar-refractivity contribution in [1.82, 2.24) is 0 Å². The largest absolute Gasteiger partial charge is 0.0875 e. The van der Waals surface area contributed by atoms with Crippen molar-refractivity contribution in [3.8, 4) is 0 Å². The van der Waals surface area contributed by atoms with Crippen molar-refractivity contribution >= 4 is 53.3 Å². The topological polar surface area (TPSA) is 0 Å². The molecule has 0 spiro atoms. The first-order valence-corrected chi connectivity index (χ1v) is 16.7. The molecule has 0 saturated carbocycles. The summed E-state index contributed by atoms with van der Waals surface area (Å²) in [5, 5.41) is 6.52. The van der Waals surface area contributed by atoms with Crippen molar-refractivity contribution in [2.45, 2.75) is 53.4 Å². The Morgan fingerprint density at radius 1 is 0.556 bits per heavy atom. The molecular formula is C12H20Si6. The highest BCUT2D eigenvalue weighted by Crippen LogP contribution is 2.40. The van der Waals surface area contributed by atoms with Crippen molar-refractivity contribution in [1.29, 1.82) is 0 Å². The van der Waals surface area contributed by atoms with E-state index < -0.39 is 14.2 Å². The minimum Gasteiger partial charge on any atom is -0.0875 e. The third-order valence-electron chi connectivity index (χ3n) is 3.95. The fourth-order valence-corrected chi connectivity index (χ4v) is 21.7. The van der Waals surface area contributed by atoms with Gasteiger partial charge in [-0.3, -0.25) is 0 Å². The van der Waals surface area contributed by atoms with E-state index in [0.717, 1.165) is 25.7 Å². The maximum absolute atomic E-state index is 4.14. The molecule has 0 aromatic carbocycles. The first-order valence-electron chi connectivity index (χ1n) is 6.74. The molecule has 0 aliphatic carbocycles. The zero-order valence-corrected chi connectivity index (χ0v) is 17.8. The summed E-state index contributed by atoms with van der Waals surface area (Å²) in [4.78, 5) is 0. The third kappa shape index (κ3) is 2.51. The second-order valence-corrected chi connectivity index (χ2v) is 22.2. The van der Waals surface area contributed by atoms with Crippen LogP contribution >= 0.6 is 0 Å². The van der Waals surface area contributed by atoms with Crippen LogP contribution in [0.1, 0.15) is 53.4 Å². The molecule has 92 valence electrons. The standard InChI is InChI=1S/C12H20Si6/c1-5-9-10(6-2)18(15,16)12(8-4)11(7-3)17(9,13)14/h5-8H2,1-4H3. The first kappa shape index (κ1) is 16.8. The molecule has 0 unspecified atom stereocenters. The van der Waals surface area contributed by atoms with Crippen LogP contribution in [0.25, 0.3) is 0 Å². The van der Waals surface area contributed by atoms with E-state index in [9.17, 15) is 0 Å². The van der Waals surface area contributed by atoms with Crippen LogP contribution in [0.5, 0.6) is 0 Å². The maximum Gasteiger partial charge on any atom is 0.0757 e. The Morgan fingerprint density at radius 3 is 0.833 bits per heavy atom. The van der Waals surface area contributed by atoms with Gasteiger partial charge >= 0.3 is 0 Å². The number of hydrogen-bond acceptors (Lipinski definition) is 0. The predicted octanol–water partition coefficient (Wildman–Crippen LogP) is 1.95. The van der Waals surface area contributed by atoms with Crippen LogP contribution in [0.4, 0.5) is 0 Å². The van der Waals surface area contributed by atoms with Gasteiger partial charge < -0.3 is 0 Å². The van der Waals surface area contributed by atoms with Crippen LogP contribution in [0, 0.1) is 0 Å². The van der Waals surface area contributed by atoms with Crippen molar-refractivity contribution in [3.63, 3.8) is 0 Å². The van der Waals surface area contributed by atoms with Crippen molar-refractivity contribution in [2.75, 3.05) is 0 Å². The Morgan fingerprint density at radius 2 is 0.722 bits per heavy atom. The molecule has 0 aromatic heterocycles. The van der Waals surface area contributed by atoms with E-state index >= 15 is 0 Å². The first-order chi connectivity index (χ1) is 8.28. The van der Waals surface area contributed by atoms with E-state index in [2.05, 4.69) is 66.7 Å². The molecule has 0 amide bonds. The summed E-state index contributed by atoms with van der Waals surface area (Å²) in [6, 6.07) is 0. The molecule has 1 aliphatic heterocycles. The minimum absolute atomic E-state index is 1.13. The third-order valence-corrected chi connectivity index (χ3v) is 17.9. The summed E-state index contributed by atoms with van der Waals surface area (Å²) in [5.74, 6) is 0. The van der Waals surface area contributed by atoms with E-state index in [1.807, 2.05) is 0 Å². The van der Waals surface area contributed by atoms with Gasteiger partial charge in [-0.15, -0.1) is 0 Å². The summed E-state index contributed by atoms with van der Waals surface area (Å²) in [6.07, 6.45) is 4.53. The van der Waals surface area contributed by atoms with Crippen molar-refractivity contribution in [3.05, 3.63) is 20.8 Å². The van der Waals surface area contributed by atoms with Gasteiger partial charge in [0.15, 0.2) is 0 Å². The van der Waals surface area contributed by atoms with E-state index in [1.54, 1.807) is 20.8 Å². The van der Waals surface area contributed by atoms with Crippen molar-refractivity contribution in [2.24, 2.45) is 0 Å². The van der Waals surface area contributed by atoms with Gasteiger partial charge in [0, 0.05) is 39.0 Å². The Labute approximate surface area is 127 Å². The second kappa shape index (κ2) is 6.04. The lowest BCUT2D eigenvalue weighted by molar-refractivity contribution is 1.05. The van der Waals surface area contributed by atoms with E-state index in [-0.39, 0.29) is 0 Å². The van der Waals surface area contributed by atoms with Crippen LogP contribution in [0.3, 0.4) is 0 Å². The lowest BCUT2D eigenvalue weighted by Crippen LogP contribution is -2.56. The van der Waals surface area contributed by atoms with Gasteiger partial charge in [0.2, 0.25) is 0 Å². The molecule has 0 N–H and O–H groups in total. The monoisotopic (exact) mass is 332 g/mol. The normalized spacial score (nSPS) is 22.7. The van der Waals surface area contributed by atoms with Crippen LogP contribution in [-0.2, 0) is 0 Å². The van der Waals surface area contributed by atoms with Crippen molar-refractivity contribution < 1.29 is 0 Å². The summed E-state index contributed by atoms with van der Waals surface area (Å²) >= 11 is 0. The maximum atomic E-state index is 4.14. The molecule has 12 radical (unpaired) electrons. The molecular weight excluding hydrogens is 313 g/mol. The average Bonchev–Trinajstić information content (AvgIpc) is 2.29. The highest BCUT2D eigenvalue weighted by atomic mass is 29.6. The Bertz CT molecular complexity index is 321. The number of rotatable bonds is 4. The highest BCUT2D eigenvalue weighted by molar-refractivity contribution is 7.53. The minimum atomic E-state index is -1.76. The van der Waals surface area contributed by atoms with Gasteiger partial charge in [-0.25, -0.2) is 0 Å². The molecule has 6 heteroatoms. The molecule has 0 nitrogen and oxygen atoms in total. The summed E-state index contributed by atoms with van der Waals surface area (Å²) in [6.45, 7) is 9.11. The molecule has 0 saturated heterocycles. The summed E-state index contributed by atoms with van der Waals surface area (Å²) in [7, 11) is 13.0. The fraction of sp³-hybridized carbons (Fsp3) is 0.667. The van der Waals surface area contributed by atoms with Crippen LogP contribution in [0.15, 0.2) is 20.8 Å². The number of hydrogen-bond donors (Lipinski definition) is 0. The van der Waals surface area contributed by atoms with E-state index in [4.69, 9.17) is 0 Å². The predicted molar refractivity (Wildman–Crippen MR) is 89.7 cm³/mol. The Kier molecular flexibility index (Phi) is 5.65. The zero-order chi connectivity index (χ0) is 14.1. The SMILES string of the molecule is CCC1=C(CC)[Si]([Si])([Si])C(CC)=C(CC)[Si]1([Si])[Si]. The molecule has 0 atom stereocenters. The molecule has 0 aromatic rings. The quantitative estimate of drug-likeness (QED) is 0.690. The fourth-order valence-electron chi connectivity index (χ4n) is 3.18. The lowest BCUT2D eigenvalue weighted by Gasteiger charge is -2.45. The molecule has 1 rings (SSSR count). The highest BCUT2D eigenvalue weighted by Gasteiger charge is 2.43. The molecule has 1 aliphatic rings. The number of allylic oxidation sites excluding steroid dienone is 4. The summed E-state index contributed by atoms with van der Waals surface area (Å²) < 4.78 is 0. The van der Waals surface area contributed by atoms with Gasteiger partial charge in [-0.05, 0) is 25.7 Å². The van der Waals surface area contributed by atoms with E-state index in [1.165, 1.54) is 0 Å². The van der Waals surface area contributed by atoms with Gasteiger partial charge in [0.25, 0.3) is 0 Å². The second-order valence-electron chi connectivity index (χ2n) is 4.83. The van der Waals surface area contributed by atoms with Crippen LogP contribution in [-0.4, -0.2) is 53.3 Å². The lowest BCUT2D eigenvalue weighted by atomic mass is 10.3. The van der Waals surface area contributed by atoms with Crippen LogP contribution in [0.2, 0.25) is 0 Å². The smallest absolute Gasteiger partial charge is 0.0757 e. The van der Waals surface area contributed by atoms with E-state index in [0.29, 0.717) is 0 Å². The average molecular weight is 333 g/mol. The van der Waals surface area contributed by atoms with Crippen LogP contribution < -0.4 is 0 Å². The molecule has 1 heterocycles. The van der Waals surface area contributed by atoms with Gasteiger partial charge in [0.05, 0.1) is 14.2 Å². The van der Waals surface area contributed by atoms with Gasteiger partial charge in [0.1, 0.15) is 0 Å². The van der Waals surface area contributed by atoms with Gasteiger partial charge in [-0.2, -0.15) is 0 Å². The molecule has 0 fully saturated rings. The Hall–Kier alpha value is 0.781. The molecule has 0 bridgehead atoms. The Balaban J connectivity index is 3.59. The zero-order valence-electron chi connectivity index (χ0n) is 11.8. The summed E-state index contributed by atoms with van der Waals surface area (Å²) in [5.41, 5.74) is 0. The molecule has 18 heavy (non-hydrogen) atoms. The van der Waals surface area contributed by atoms with Gasteiger partial charge in [-0.1, -0.05) is 48.5 Å².